The highest BCUT2D eigenvalue weighted by molar-refractivity contribution is 5.94. The summed E-state index contributed by atoms with van der Waals surface area (Å²) in [6.45, 7) is 3.68. The molecule has 0 fully saturated rings. The molecule has 0 aliphatic carbocycles. The molecule has 2 aromatic carbocycles. The molecule has 25 heavy (non-hydrogen) atoms. The van der Waals surface area contributed by atoms with Crippen LogP contribution < -0.4 is 15.4 Å². The van der Waals surface area contributed by atoms with Gasteiger partial charge in [0.1, 0.15) is 18.5 Å². The Balaban J connectivity index is 0.00000312. The van der Waals surface area contributed by atoms with Crippen LogP contribution in [0.4, 0.5) is 0 Å². The molecule has 0 heterocycles. The van der Waals surface area contributed by atoms with Gasteiger partial charge < -0.3 is 20.5 Å². The van der Waals surface area contributed by atoms with Crippen LogP contribution in [0.1, 0.15) is 15.9 Å². The predicted octanol–water partition coefficient (Wildman–Crippen LogP) is 2.18. The van der Waals surface area contributed by atoms with Crippen molar-refractivity contribution in [2.45, 2.75) is 13.0 Å². The van der Waals surface area contributed by atoms with Gasteiger partial charge in [-0.2, -0.15) is 0 Å². The van der Waals surface area contributed by atoms with Crippen LogP contribution in [0.3, 0.4) is 0 Å². The van der Waals surface area contributed by atoms with Crippen LogP contribution >= 0.6 is 12.4 Å². The van der Waals surface area contributed by atoms with E-state index in [9.17, 15) is 9.90 Å². The molecule has 0 aliphatic rings. The van der Waals surface area contributed by atoms with Crippen molar-refractivity contribution in [3.8, 4) is 5.75 Å². The lowest BCUT2D eigenvalue weighted by molar-refractivity contribution is 0.0950. The van der Waals surface area contributed by atoms with Crippen LogP contribution in [0.5, 0.6) is 5.75 Å². The number of hydrogen-bond donors (Lipinski definition) is 3. The molecule has 2 rings (SSSR count). The first-order chi connectivity index (χ1) is 11.6. The highest BCUT2D eigenvalue weighted by Gasteiger charge is 2.06. The van der Waals surface area contributed by atoms with Crippen molar-refractivity contribution in [3.63, 3.8) is 0 Å². The zero-order valence-corrected chi connectivity index (χ0v) is 15.1. The molecule has 0 spiro atoms. The molecule has 1 amide bonds. The molecular weight excluding hydrogens is 340 g/mol. The number of halogens is 1. The molecule has 0 radical (unpaired) electrons. The quantitative estimate of drug-likeness (QED) is 0.596. The molecule has 0 aliphatic heterocycles. The molecular formula is C19H25ClN2O3. The first kappa shape index (κ1) is 21.0. The molecule has 1 unspecified atom stereocenters. The topological polar surface area (TPSA) is 70.6 Å². The minimum Gasteiger partial charge on any atom is -0.491 e. The molecule has 0 bridgehead atoms. The van der Waals surface area contributed by atoms with Crippen LogP contribution in [0, 0.1) is 6.92 Å². The summed E-state index contributed by atoms with van der Waals surface area (Å²) in [5, 5.41) is 15.8. The van der Waals surface area contributed by atoms with Crippen molar-refractivity contribution in [1.82, 2.24) is 10.6 Å². The fraction of sp³-hybridized carbons (Fsp3) is 0.316. The fourth-order valence-corrected chi connectivity index (χ4v) is 2.19. The van der Waals surface area contributed by atoms with Gasteiger partial charge in [0, 0.05) is 25.2 Å². The SMILES string of the molecule is Cc1cccc(C(=O)NCCNCC(O)COc2ccccc2)c1.Cl. The van der Waals surface area contributed by atoms with Crippen molar-refractivity contribution in [1.29, 1.82) is 0 Å². The lowest BCUT2D eigenvalue weighted by Gasteiger charge is -2.13. The molecule has 0 saturated heterocycles. The summed E-state index contributed by atoms with van der Waals surface area (Å²) in [6.07, 6.45) is -0.599. The van der Waals surface area contributed by atoms with E-state index in [-0.39, 0.29) is 24.9 Å². The maximum absolute atomic E-state index is 11.9. The van der Waals surface area contributed by atoms with Crippen LogP contribution in [0.25, 0.3) is 0 Å². The minimum atomic E-state index is -0.599. The van der Waals surface area contributed by atoms with Crippen molar-refractivity contribution >= 4 is 18.3 Å². The van der Waals surface area contributed by atoms with E-state index >= 15 is 0 Å². The van der Waals surface area contributed by atoms with Gasteiger partial charge >= 0.3 is 0 Å². The summed E-state index contributed by atoms with van der Waals surface area (Å²) in [4.78, 5) is 11.9. The Labute approximate surface area is 154 Å². The van der Waals surface area contributed by atoms with Gasteiger partial charge in [-0.3, -0.25) is 4.79 Å². The van der Waals surface area contributed by atoms with Crippen molar-refractivity contribution in [2.75, 3.05) is 26.2 Å². The van der Waals surface area contributed by atoms with Gasteiger partial charge in [-0.15, -0.1) is 12.4 Å². The number of amides is 1. The summed E-state index contributed by atoms with van der Waals surface area (Å²) in [5.41, 5.74) is 1.72. The van der Waals surface area contributed by atoms with E-state index in [1.807, 2.05) is 55.5 Å². The first-order valence-corrected chi connectivity index (χ1v) is 8.06. The Kier molecular flexibility index (Phi) is 9.62. The standard InChI is InChI=1S/C19H24N2O3.ClH/c1-15-6-5-7-16(12-15)19(23)21-11-10-20-13-17(22)14-24-18-8-3-2-4-9-18;/h2-9,12,17,20,22H,10-11,13-14H2,1H3,(H,21,23);1H. The number of benzene rings is 2. The van der Waals surface area contributed by atoms with Gasteiger partial charge in [0.15, 0.2) is 0 Å². The highest BCUT2D eigenvalue weighted by atomic mass is 35.5. The first-order valence-electron chi connectivity index (χ1n) is 8.06. The second-order valence-electron chi connectivity index (χ2n) is 5.61. The molecule has 3 N–H and O–H groups in total. The molecule has 0 aromatic heterocycles. The zero-order valence-electron chi connectivity index (χ0n) is 14.3. The average Bonchev–Trinajstić information content (AvgIpc) is 2.60. The second-order valence-corrected chi connectivity index (χ2v) is 5.61. The number of aryl methyl sites for hydroxylation is 1. The normalized spacial score (nSPS) is 11.3. The van der Waals surface area contributed by atoms with E-state index in [0.29, 0.717) is 25.2 Å². The summed E-state index contributed by atoms with van der Waals surface area (Å²) >= 11 is 0. The van der Waals surface area contributed by atoms with E-state index in [2.05, 4.69) is 10.6 Å². The monoisotopic (exact) mass is 364 g/mol. The van der Waals surface area contributed by atoms with Crippen LogP contribution in [-0.4, -0.2) is 43.4 Å². The van der Waals surface area contributed by atoms with Gasteiger partial charge in [-0.25, -0.2) is 0 Å². The van der Waals surface area contributed by atoms with E-state index in [1.165, 1.54) is 0 Å². The zero-order chi connectivity index (χ0) is 17.2. The number of nitrogens with one attached hydrogen (secondary N) is 2. The number of carbonyl (C=O) groups is 1. The van der Waals surface area contributed by atoms with Crippen LogP contribution in [0.2, 0.25) is 0 Å². The van der Waals surface area contributed by atoms with E-state index in [4.69, 9.17) is 4.74 Å². The molecule has 0 saturated carbocycles. The second kappa shape index (κ2) is 11.5. The van der Waals surface area contributed by atoms with Crippen molar-refractivity contribution < 1.29 is 14.6 Å². The summed E-state index contributed by atoms with van der Waals surface area (Å²) in [5.74, 6) is 0.649. The number of aliphatic hydroxyl groups excluding tert-OH is 1. The Morgan fingerprint density at radius 2 is 1.88 bits per heavy atom. The Morgan fingerprint density at radius 3 is 2.60 bits per heavy atom. The molecule has 5 nitrogen and oxygen atoms in total. The smallest absolute Gasteiger partial charge is 0.251 e. The number of para-hydroxylation sites is 1. The number of aliphatic hydroxyl groups is 1. The van der Waals surface area contributed by atoms with Gasteiger partial charge in [0.25, 0.3) is 5.91 Å². The summed E-state index contributed by atoms with van der Waals surface area (Å²) in [7, 11) is 0. The third-order valence-electron chi connectivity index (χ3n) is 3.43. The van der Waals surface area contributed by atoms with E-state index in [0.717, 1.165) is 11.3 Å². The van der Waals surface area contributed by atoms with Gasteiger partial charge in [0.05, 0.1) is 0 Å². The lowest BCUT2D eigenvalue weighted by atomic mass is 10.1. The number of hydrogen-bond acceptors (Lipinski definition) is 4. The van der Waals surface area contributed by atoms with Crippen LogP contribution in [0.15, 0.2) is 54.6 Å². The number of ether oxygens (including phenoxy) is 1. The maximum atomic E-state index is 11.9. The third-order valence-corrected chi connectivity index (χ3v) is 3.43. The maximum Gasteiger partial charge on any atom is 0.251 e. The number of rotatable bonds is 9. The van der Waals surface area contributed by atoms with Gasteiger partial charge in [-0.1, -0.05) is 35.9 Å². The molecule has 1 atom stereocenters. The van der Waals surface area contributed by atoms with Crippen LogP contribution in [-0.2, 0) is 0 Å². The molecule has 136 valence electrons. The lowest BCUT2D eigenvalue weighted by Crippen LogP contribution is -2.37. The highest BCUT2D eigenvalue weighted by Crippen LogP contribution is 2.08. The third kappa shape index (κ3) is 8.03. The Bertz CT molecular complexity index is 638. The molecule has 2 aromatic rings. The van der Waals surface area contributed by atoms with Gasteiger partial charge in [-0.05, 0) is 31.2 Å². The van der Waals surface area contributed by atoms with Gasteiger partial charge in [0.2, 0.25) is 0 Å². The summed E-state index contributed by atoms with van der Waals surface area (Å²) < 4.78 is 5.47. The Morgan fingerprint density at radius 1 is 1.12 bits per heavy atom. The fourth-order valence-electron chi connectivity index (χ4n) is 2.19. The molecule has 6 heteroatoms. The number of carbonyl (C=O) groups excluding carboxylic acids is 1. The summed E-state index contributed by atoms with van der Waals surface area (Å²) in [6, 6.07) is 16.8. The van der Waals surface area contributed by atoms with Crippen molar-refractivity contribution in [2.24, 2.45) is 0 Å². The van der Waals surface area contributed by atoms with Crippen molar-refractivity contribution in [3.05, 3.63) is 65.7 Å². The predicted molar refractivity (Wildman–Crippen MR) is 102 cm³/mol. The average molecular weight is 365 g/mol. The Hall–Kier alpha value is -2.08. The largest absolute Gasteiger partial charge is 0.491 e. The van der Waals surface area contributed by atoms with E-state index in [1.54, 1.807) is 6.07 Å². The minimum absolute atomic E-state index is 0. The van der Waals surface area contributed by atoms with E-state index < -0.39 is 6.10 Å².